The second-order valence-corrected chi connectivity index (χ2v) is 12.1. The summed E-state index contributed by atoms with van der Waals surface area (Å²) in [4.78, 5) is 22.4. The van der Waals surface area contributed by atoms with E-state index >= 15 is 0 Å². The molecule has 1 aromatic heterocycles. The number of benzene rings is 2. The van der Waals surface area contributed by atoms with Crippen LogP contribution in [0.4, 0.5) is 5.13 Å². The van der Waals surface area contributed by atoms with Gasteiger partial charge in [-0.3, -0.25) is 9.69 Å². The number of hydrogen-bond acceptors (Lipinski definition) is 7. The van der Waals surface area contributed by atoms with Gasteiger partial charge in [0.05, 0.1) is 16.2 Å². The molecule has 37 heavy (non-hydrogen) atoms. The minimum absolute atomic E-state index is 0. The number of amides is 1. The van der Waals surface area contributed by atoms with Gasteiger partial charge in [-0.1, -0.05) is 23.8 Å². The molecule has 0 saturated carbocycles. The second-order valence-electron chi connectivity index (χ2n) is 9.14. The Bertz CT molecular complexity index is 1290. The summed E-state index contributed by atoms with van der Waals surface area (Å²) in [5.41, 5.74) is 1.18. The summed E-state index contributed by atoms with van der Waals surface area (Å²) in [6.07, 6.45) is 3.59. The van der Waals surface area contributed by atoms with Crippen LogP contribution in [0.5, 0.6) is 5.75 Å². The van der Waals surface area contributed by atoms with Crippen molar-refractivity contribution in [2.75, 3.05) is 51.8 Å². The number of hydrogen-bond donors (Lipinski definition) is 0. The van der Waals surface area contributed by atoms with E-state index in [2.05, 4.69) is 4.90 Å². The fourth-order valence-corrected chi connectivity index (χ4v) is 6.83. The molecule has 1 saturated heterocycles. The molecule has 0 radical (unpaired) electrons. The first-order chi connectivity index (χ1) is 17.3. The Balaban J connectivity index is 0.00000380. The number of carbonyl (C=O) groups excluding carboxylic acids is 1. The number of para-hydroxylation sites is 1. The van der Waals surface area contributed by atoms with Gasteiger partial charge in [0, 0.05) is 25.2 Å². The molecule has 0 bridgehead atoms. The van der Waals surface area contributed by atoms with Crippen LogP contribution in [0.3, 0.4) is 0 Å². The standard InChI is InChI=1S/C26H34N4O4S2.ClH/c1-4-34-22-10-8-11-23-24(22)27-26(35-23)30(19-9-16-28(2)3)25(31)20-12-14-21(15-13-20)36(32,33)29-17-6-5-7-18-29;/h8,10-15H,4-7,9,16-19H2,1-3H3;1H. The van der Waals surface area contributed by atoms with Gasteiger partial charge in [0.2, 0.25) is 10.0 Å². The molecule has 2 heterocycles. The topological polar surface area (TPSA) is 83.0 Å². The van der Waals surface area contributed by atoms with Crippen LogP contribution in [0.25, 0.3) is 10.2 Å². The maximum atomic E-state index is 13.7. The van der Waals surface area contributed by atoms with E-state index in [1.807, 2.05) is 39.2 Å². The van der Waals surface area contributed by atoms with Crippen LogP contribution in [0, 0.1) is 0 Å². The van der Waals surface area contributed by atoms with Crippen molar-refractivity contribution in [3.8, 4) is 5.75 Å². The maximum absolute atomic E-state index is 13.7. The molecule has 1 aliphatic heterocycles. The third-order valence-corrected chi connectivity index (χ3v) is 9.14. The minimum Gasteiger partial charge on any atom is -0.492 e. The molecule has 11 heteroatoms. The van der Waals surface area contributed by atoms with E-state index in [1.165, 1.54) is 15.6 Å². The van der Waals surface area contributed by atoms with Gasteiger partial charge >= 0.3 is 0 Å². The summed E-state index contributed by atoms with van der Waals surface area (Å²) >= 11 is 1.45. The highest BCUT2D eigenvalue weighted by molar-refractivity contribution is 7.89. The van der Waals surface area contributed by atoms with Crippen molar-refractivity contribution in [2.24, 2.45) is 0 Å². The van der Waals surface area contributed by atoms with E-state index in [9.17, 15) is 13.2 Å². The molecule has 0 unspecified atom stereocenters. The van der Waals surface area contributed by atoms with Crippen molar-refractivity contribution in [1.29, 1.82) is 0 Å². The van der Waals surface area contributed by atoms with Crippen molar-refractivity contribution in [1.82, 2.24) is 14.2 Å². The number of rotatable bonds is 10. The van der Waals surface area contributed by atoms with Crippen molar-refractivity contribution in [3.63, 3.8) is 0 Å². The molecule has 4 rings (SSSR count). The Morgan fingerprint density at radius 3 is 2.41 bits per heavy atom. The molecule has 1 fully saturated rings. The monoisotopic (exact) mass is 566 g/mol. The Morgan fingerprint density at radius 1 is 1.05 bits per heavy atom. The lowest BCUT2D eigenvalue weighted by atomic mass is 10.2. The Morgan fingerprint density at radius 2 is 1.76 bits per heavy atom. The van der Waals surface area contributed by atoms with E-state index in [-0.39, 0.29) is 23.2 Å². The average Bonchev–Trinajstić information content (AvgIpc) is 3.32. The highest BCUT2D eigenvalue weighted by atomic mass is 35.5. The minimum atomic E-state index is -3.55. The predicted molar refractivity (Wildman–Crippen MR) is 152 cm³/mol. The van der Waals surface area contributed by atoms with Crippen molar-refractivity contribution < 1.29 is 17.9 Å². The number of piperidine rings is 1. The van der Waals surface area contributed by atoms with Crippen LogP contribution in [-0.2, 0) is 10.0 Å². The van der Waals surface area contributed by atoms with Crippen molar-refractivity contribution >= 4 is 55.0 Å². The van der Waals surface area contributed by atoms with Crippen LogP contribution in [0.15, 0.2) is 47.4 Å². The van der Waals surface area contributed by atoms with Gasteiger partial charge < -0.3 is 9.64 Å². The normalized spacial score (nSPS) is 14.5. The van der Waals surface area contributed by atoms with Gasteiger partial charge in [0.1, 0.15) is 11.3 Å². The third-order valence-electron chi connectivity index (χ3n) is 6.19. The molecular weight excluding hydrogens is 532 g/mol. The van der Waals surface area contributed by atoms with Gasteiger partial charge in [-0.15, -0.1) is 12.4 Å². The van der Waals surface area contributed by atoms with Gasteiger partial charge in [-0.2, -0.15) is 4.31 Å². The zero-order chi connectivity index (χ0) is 25.7. The SMILES string of the molecule is CCOc1cccc2sc(N(CCCN(C)C)C(=O)c3ccc(S(=O)(=O)N4CCCCC4)cc3)nc12.Cl. The molecule has 2 aromatic carbocycles. The summed E-state index contributed by atoms with van der Waals surface area (Å²) in [6.45, 7) is 4.87. The molecule has 1 aliphatic rings. The molecular formula is C26H35ClN4O4S2. The Kier molecular flexibility index (Phi) is 10.3. The van der Waals surface area contributed by atoms with E-state index in [0.29, 0.717) is 42.7 Å². The lowest BCUT2D eigenvalue weighted by molar-refractivity contribution is 0.0986. The van der Waals surface area contributed by atoms with Crippen LogP contribution in [-0.4, -0.2) is 75.4 Å². The lowest BCUT2D eigenvalue weighted by Gasteiger charge is -2.26. The first-order valence-electron chi connectivity index (χ1n) is 12.4. The average molecular weight is 567 g/mol. The number of halogens is 1. The van der Waals surface area contributed by atoms with Gasteiger partial charge in [0.15, 0.2) is 5.13 Å². The first-order valence-corrected chi connectivity index (χ1v) is 14.7. The third kappa shape index (κ3) is 6.80. The number of anilines is 1. The maximum Gasteiger partial charge on any atom is 0.260 e. The highest BCUT2D eigenvalue weighted by Gasteiger charge is 2.27. The van der Waals surface area contributed by atoms with Crippen LogP contribution >= 0.6 is 23.7 Å². The smallest absolute Gasteiger partial charge is 0.260 e. The van der Waals surface area contributed by atoms with Gasteiger partial charge in [-0.05, 0) is 83.2 Å². The summed E-state index contributed by atoms with van der Waals surface area (Å²) < 4.78 is 34.3. The molecule has 0 spiro atoms. The second kappa shape index (κ2) is 13.0. The molecule has 0 aliphatic carbocycles. The summed E-state index contributed by atoms with van der Waals surface area (Å²) in [5.74, 6) is 0.498. The quantitative estimate of drug-likeness (QED) is 0.347. The largest absolute Gasteiger partial charge is 0.492 e. The number of aromatic nitrogens is 1. The number of ether oxygens (including phenoxy) is 1. The van der Waals surface area contributed by atoms with Crippen LogP contribution in [0.1, 0.15) is 43.0 Å². The number of thiazole rings is 1. The van der Waals surface area contributed by atoms with E-state index in [0.717, 1.165) is 42.4 Å². The molecule has 0 N–H and O–H groups in total. The Hall–Kier alpha value is -2.24. The molecule has 3 aromatic rings. The lowest BCUT2D eigenvalue weighted by Crippen LogP contribution is -2.35. The highest BCUT2D eigenvalue weighted by Crippen LogP contribution is 2.35. The number of fused-ring (bicyclic) bond motifs is 1. The fraction of sp³-hybridized carbons (Fsp3) is 0.462. The van der Waals surface area contributed by atoms with Crippen molar-refractivity contribution in [2.45, 2.75) is 37.5 Å². The molecule has 202 valence electrons. The zero-order valence-electron chi connectivity index (χ0n) is 21.6. The predicted octanol–water partition coefficient (Wildman–Crippen LogP) is 4.89. The van der Waals surface area contributed by atoms with Crippen molar-refractivity contribution in [3.05, 3.63) is 48.0 Å². The summed E-state index contributed by atoms with van der Waals surface area (Å²) in [7, 11) is 0.450. The van der Waals surface area contributed by atoms with E-state index in [4.69, 9.17) is 9.72 Å². The molecule has 1 amide bonds. The van der Waals surface area contributed by atoms with Gasteiger partial charge in [-0.25, -0.2) is 13.4 Å². The van der Waals surface area contributed by atoms with E-state index < -0.39 is 10.0 Å². The molecule has 8 nitrogen and oxygen atoms in total. The number of sulfonamides is 1. The van der Waals surface area contributed by atoms with E-state index in [1.54, 1.807) is 29.2 Å². The molecule has 0 atom stereocenters. The van der Waals surface area contributed by atoms with Crippen LogP contribution in [0.2, 0.25) is 0 Å². The summed E-state index contributed by atoms with van der Waals surface area (Å²) in [6, 6.07) is 12.1. The zero-order valence-corrected chi connectivity index (χ0v) is 24.0. The van der Waals surface area contributed by atoms with Crippen LogP contribution < -0.4 is 9.64 Å². The number of nitrogens with zero attached hydrogens (tertiary/aromatic N) is 4. The summed E-state index contributed by atoms with van der Waals surface area (Å²) in [5, 5.41) is 0.603. The Labute approximate surface area is 229 Å². The first kappa shape index (κ1) is 29.3. The fourth-order valence-electron chi connectivity index (χ4n) is 4.31. The number of carbonyl (C=O) groups is 1. The van der Waals surface area contributed by atoms with Gasteiger partial charge in [0.25, 0.3) is 5.91 Å².